The van der Waals surface area contributed by atoms with E-state index in [1.807, 2.05) is 19.9 Å². The van der Waals surface area contributed by atoms with Gasteiger partial charge in [0.2, 0.25) is 0 Å². The van der Waals surface area contributed by atoms with Crippen molar-refractivity contribution in [2.24, 2.45) is 0 Å². The molecule has 2 heterocycles. The van der Waals surface area contributed by atoms with Crippen LogP contribution in [-0.2, 0) is 14.8 Å². The van der Waals surface area contributed by atoms with Crippen LogP contribution in [0.5, 0.6) is 0 Å². The first kappa shape index (κ1) is 23.0. The second-order valence-electron chi connectivity index (χ2n) is 6.91. The molecule has 0 radical (unpaired) electrons. The van der Waals surface area contributed by atoms with E-state index in [0.717, 1.165) is 20.8 Å². The van der Waals surface area contributed by atoms with Crippen molar-refractivity contribution in [3.63, 3.8) is 0 Å². The average Bonchev–Trinajstić information content (AvgIpc) is 3.19. The molecule has 0 aliphatic heterocycles. The molecular formula is C25H25N3O3S. The first-order chi connectivity index (χ1) is 15.3. The molecule has 0 atom stereocenters. The number of fused-ring (bicyclic) bond motifs is 1. The van der Waals surface area contributed by atoms with Crippen LogP contribution in [0.2, 0.25) is 0 Å². The van der Waals surface area contributed by atoms with Gasteiger partial charge >= 0.3 is 0 Å². The molecule has 3 rings (SSSR count). The lowest BCUT2D eigenvalue weighted by atomic mass is 9.99. The summed E-state index contributed by atoms with van der Waals surface area (Å²) in [5, 5.41) is 5.05. The Bertz CT molecular complexity index is 1380. The largest absolute Gasteiger partial charge is 0.496 e. The van der Waals surface area contributed by atoms with Gasteiger partial charge in [-0.15, -0.1) is 4.09 Å². The van der Waals surface area contributed by atoms with Crippen molar-refractivity contribution in [1.82, 2.24) is 14.2 Å². The fourth-order valence-electron chi connectivity index (χ4n) is 3.42. The normalized spacial score (nSPS) is 12.9. The Hall–Kier alpha value is -3.71. The molecule has 0 saturated carbocycles. The fourth-order valence-corrected chi connectivity index (χ4v) is 4.66. The molecule has 0 N–H and O–H groups in total. The smallest absolute Gasteiger partial charge is 0.284 e. The van der Waals surface area contributed by atoms with Gasteiger partial charge in [-0.3, -0.25) is 0 Å². The second-order valence-corrected chi connectivity index (χ2v) is 8.67. The van der Waals surface area contributed by atoms with E-state index >= 15 is 0 Å². The minimum absolute atomic E-state index is 0.112. The molecule has 0 aliphatic rings. The van der Waals surface area contributed by atoms with Crippen LogP contribution in [0.1, 0.15) is 23.7 Å². The summed E-state index contributed by atoms with van der Waals surface area (Å²) in [5.41, 5.74) is 3.56. The van der Waals surface area contributed by atoms with Gasteiger partial charge in [0.05, 0.1) is 17.4 Å². The van der Waals surface area contributed by atoms with E-state index in [1.165, 1.54) is 13.2 Å². The maximum absolute atomic E-state index is 13.5. The number of nitrogens with zero attached hydrogens (tertiary/aromatic N) is 3. The molecule has 3 aromatic rings. The van der Waals surface area contributed by atoms with Crippen LogP contribution in [0.3, 0.4) is 0 Å². The Kier molecular flexibility index (Phi) is 6.60. The number of pyridine rings is 1. The van der Waals surface area contributed by atoms with Crippen LogP contribution < -0.4 is 0 Å². The van der Waals surface area contributed by atoms with Crippen LogP contribution in [0.4, 0.5) is 0 Å². The summed E-state index contributed by atoms with van der Waals surface area (Å²) in [5.74, 6) is 0.412. The Labute approximate surface area is 188 Å². The highest BCUT2D eigenvalue weighted by molar-refractivity contribution is 7.90. The van der Waals surface area contributed by atoms with E-state index in [2.05, 4.69) is 29.8 Å². The molecule has 0 spiro atoms. The summed E-state index contributed by atoms with van der Waals surface area (Å²) in [6, 6.07) is 8.39. The molecule has 1 aromatic carbocycles. The van der Waals surface area contributed by atoms with Gasteiger partial charge < -0.3 is 4.74 Å². The minimum atomic E-state index is -4.02. The van der Waals surface area contributed by atoms with Gasteiger partial charge in [0, 0.05) is 11.8 Å². The Morgan fingerprint density at radius 1 is 1.06 bits per heavy atom. The van der Waals surface area contributed by atoms with Gasteiger partial charge in [0.15, 0.2) is 5.65 Å². The van der Waals surface area contributed by atoms with Gasteiger partial charge in [-0.1, -0.05) is 55.7 Å². The van der Waals surface area contributed by atoms with E-state index in [1.54, 1.807) is 48.7 Å². The molecule has 0 saturated heterocycles. The van der Waals surface area contributed by atoms with E-state index in [9.17, 15) is 8.42 Å². The van der Waals surface area contributed by atoms with Gasteiger partial charge in [0.25, 0.3) is 10.0 Å². The highest BCUT2D eigenvalue weighted by Crippen LogP contribution is 2.34. The van der Waals surface area contributed by atoms with Crippen LogP contribution in [-0.4, -0.2) is 29.7 Å². The van der Waals surface area contributed by atoms with Crippen molar-refractivity contribution in [3.05, 3.63) is 103 Å². The zero-order valence-electron chi connectivity index (χ0n) is 18.4. The lowest BCUT2D eigenvalue weighted by molar-refractivity contribution is 0.309. The van der Waals surface area contributed by atoms with Crippen molar-refractivity contribution in [1.29, 1.82) is 0 Å². The fraction of sp³-hybridized carbons (Fsp3) is 0.120. The average molecular weight is 448 g/mol. The molecular weight excluding hydrogens is 422 g/mol. The van der Waals surface area contributed by atoms with Crippen LogP contribution >= 0.6 is 0 Å². The molecule has 6 nitrogen and oxygen atoms in total. The summed E-state index contributed by atoms with van der Waals surface area (Å²) >= 11 is 0. The predicted molar refractivity (Wildman–Crippen MR) is 129 cm³/mol. The number of methoxy groups -OCH3 is 1. The van der Waals surface area contributed by atoms with Crippen molar-refractivity contribution in [2.75, 3.05) is 7.11 Å². The third-order valence-electron chi connectivity index (χ3n) is 5.06. The van der Waals surface area contributed by atoms with E-state index in [4.69, 9.17) is 4.74 Å². The number of hydrogen-bond donors (Lipinski definition) is 0. The zero-order valence-corrected chi connectivity index (χ0v) is 19.2. The number of rotatable bonds is 8. The number of ether oxygens (including phenoxy) is 1. The van der Waals surface area contributed by atoms with Gasteiger partial charge in [-0.05, 0) is 49.3 Å². The quantitative estimate of drug-likeness (QED) is 0.346. The molecule has 7 heteroatoms. The first-order valence-electron chi connectivity index (χ1n) is 9.86. The van der Waals surface area contributed by atoms with Gasteiger partial charge in [-0.2, -0.15) is 13.5 Å². The molecule has 2 aromatic heterocycles. The van der Waals surface area contributed by atoms with E-state index in [0.29, 0.717) is 22.4 Å². The summed E-state index contributed by atoms with van der Waals surface area (Å²) in [7, 11) is -2.52. The number of hydrogen-bond acceptors (Lipinski definition) is 5. The van der Waals surface area contributed by atoms with Gasteiger partial charge in [0.1, 0.15) is 11.5 Å². The number of aryl methyl sites for hydroxylation is 1. The number of allylic oxidation sites excluding steroid dienone is 6. The molecule has 0 bridgehead atoms. The predicted octanol–water partition coefficient (Wildman–Crippen LogP) is 5.30. The third kappa shape index (κ3) is 3.83. The SMILES string of the molecule is C=C/C(OC)=C(\C=C)c1nn(S(=O)(=O)c2ccc(C)cc2)c2nccc(/C(C=C)=C/C)c12. The molecule has 0 unspecified atom stereocenters. The molecule has 0 amide bonds. The Morgan fingerprint density at radius 3 is 2.28 bits per heavy atom. The number of benzene rings is 1. The van der Waals surface area contributed by atoms with E-state index in [-0.39, 0.29) is 10.5 Å². The summed E-state index contributed by atoms with van der Waals surface area (Å²) in [4.78, 5) is 4.50. The van der Waals surface area contributed by atoms with Crippen LogP contribution in [0.15, 0.2) is 91.2 Å². The van der Waals surface area contributed by atoms with Crippen LogP contribution in [0.25, 0.3) is 22.2 Å². The Balaban J connectivity index is 2.51. The highest BCUT2D eigenvalue weighted by Gasteiger charge is 2.27. The summed E-state index contributed by atoms with van der Waals surface area (Å²) < 4.78 is 33.5. The van der Waals surface area contributed by atoms with Gasteiger partial charge in [-0.25, -0.2) is 4.98 Å². The van der Waals surface area contributed by atoms with Crippen molar-refractivity contribution >= 4 is 32.2 Å². The molecule has 32 heavy (non-hydrogen) atoms. The van der Waals surface area contributed by atoms with E-state index < -0.39 is 10.0 Å². The third-order valence-corrected chi connectivity index (χ3v) is 6.64. The standard InChI is InChI=1S/C25H25N3O3S/c1-7-18(8-2)21-15-16-26-25-23(21)24(20(9-3)22(10-4)31-6)27-28(25)32(29,30)19-13-11-17(5)12-14-19/h7-16H,1,3-4H2,2,5-6H3/b18-8+,22-20-. The van der Waals surface area contributed by atoms with Crippen molar-refractivity contribution in [3.8, 4) is 0 Å². The summed E-state index contributed by atoms with van der Waals surface area (Å²) in [6.45, 7) is 15.3. The summed E-state index contributed by atoms with van der Waals surface area (Å²) in [6.07, 6.45) is 8.23. The molecule has 0 fully saturated rings. The highest BCUT2D eigenvalue weighted by atomic mass is 32.2. The maximum Gasteiger partial charge on any atom is 0.284 e. The Morgan fingerprint density at radius 2 is 1.75 bits per heavy atom. The lowest BCUT2D eigenvalue weighted by Gasteiger charge is -2.08. The van der Waals surface area contributed by atoms with Crippen molar-refractivity contribution in [2.45, 2.75) is 18.7 Å². The molecule has 0 aliphatic carbocycles. The lowest BCUT2D eigenvalue weighted by Crippen LogP contribution is -2.15. The maximum atomic E-state index is 13.5. The topological polar surface area (TPSA) is 74.1 Å². The first-order valence-corrected chi connectivity index (χ1v) is 11.3. The zero-order chi connectivity index (χ0) is 23.5. The number of aromatic nitrogens is 3. The van der Waals surface area contributed by atoms with Crippen molar-refractivity contribution < 1.29 is 13.2 Å². The molecule has 164 valence electrons. The monoisotopic (exact) mass is 447 g/mol. The second kappa shape index (κ2) is 9.20. The minimum Gasteiger partial charge on any atom is -0.496 e. The van der Waals surface area contributed by atoms with Crippen LogP contribution in [0, 0.1) is 6.92 Å².